The predicted molar refractivity (Wildman–Crippen MR) is 98.2 cm³/mol. The van der Waals surface area contributed by atoms with Crippen LogP contribution in [0, 0.1) is 0 Å². The van der Waals surface area contributed by atoms with E-state index in [0.717, 1.165) is 19.6 Å². The summed E-state index contributed by atoms with van der Waals surface area (Å²) in [6, 6.07) is 9.71. The summed E-state index contributed by atoms with van der Waals surface area (Å²) in [4.78, 5) is 19.2. The fourth-order valence-corrected chi connectivity index (χ4v) is 3.75. The smallest absolute Gasteiger partial charge is 0.262 e. The van der Waals surface area contributed by atoms with Gasteiger partial charge in [-0.25, -0.2) is 4.98 Å². The molecule has 0 amide bonds. The first-order valence-corrected chi connectivity index (χ1v) is 8.65. The van der Waals surface area contributed by atoms with Crippen LogP contribution in [0.15, 0.2) is 41.5 Å². The van der Waals surface area contributed by atoms with E-state index in [1.807, 2.05) is 12.1 Å². The number of aromatic hydroxyl groups is 1. The van der Waals surface area contributed by atoms with Crippen LogP contribution in [0.2, 0.25) is 10.0 Å². The maximum absolute atomic E-state index is 12.7. The molecule has 0 fully saturated rings. The Labute approximate surface area is 154 Å². The van der Waals surface area contributed by atoms with Crippen LogP contribution in [0.5, 0.6) is 5.75 Å². The summed E-state index contributed by atoms with van der Waals surface area (Å²) in [5.41, 5.74) is 2.51. The molecule has 0 saturated heterocycles. The number of halogens is 2. The van der Waals surface area contributed by atoms with E-state index < -0.39 is 0 Å². The number of nitrogens with zero attached hydrogens (tertiary/aromatic N) is 3. The van der Waals surface area contributed by atoms with E-state index in [2.05, 4.69) is 22.0 Å². The van der Waals surface area contributed by atoms with Gasteiger partial charge in [-0.15, -0.1) is 0 Å². The van der Waals surface area contributed by atoms with Crippen molar-refractivity contribution >= 4 is 34.1 Å². The van der Waals surface area contributed by atoms with Gasteiger partial charge in [0.2, 0.25) is 0 Å². The highest BCUT2D eigenvalue weighted by atomic mass is 35.5. The molecule has 0 unspecified atom stereocenters. The number of phenols is 1. The molecule has 5 nitrogen and oxygen atoms in total. The van der Waals surface area contributed by atoms with Crippen LogP contribution in [0.25, 0.3) is 10.9 Å². The third kappa shape index (κ3) is 2.88. The van der Waals surface area contributed by atoms with Crippen molar-refractivity contribution in [3.63, 3.8) is 0 Å². The molecule has 0 radical (unpaired) electrons. The van der Waals surface area contributed by atoms with Crippen LogP contribution in [0.1, 0.15) is 11.1 Å². The van der Waals surface area contributed by atoms with Gasteiger partial charge >= 0.3 is 0 Å². The molecule has 1 aliphatic heterocycles. The highest BCUT2D eigenvalue weighted by molar-refractivity contribution is 6.39. The number of aromatic nitrogens is 2. The molecule has 4 rings (SSSR count). The van der Waals surface area contributed by atoms with Gasteiger partial charge in [0.15, 0.2) is 5.75 Å². The zero-order valence-electron chi connectivity index (χ0n) is 13.2. The highest BCUT2D eigenvalue weighted by Crippen LogP contribution is 2.34. The van der Waals surface area contributed by atoms with Crippen molar-refractivity contribution in [3.05, 3.63) is 68.2 Å². The lowest BCUT2D eigenvalue weighted by atomic mass is 10.1. The van der Waals surface area contributed by atoms with Crippen molar-refractivity contribution in [2.24, 2.45) is 0 Å². The fraction of sp³-hybridized carbons (Fsp3) is 0.222. The normalized spacial score (nSPS) is 14.2. The zero-order valence-corrected chi connectivity index (χ0v) is 14.8. The maximum Gasteiger partial charge on any atom is 0.262 e. The fourth-order valence-electron chi connectivity index (χ4n) is 3.22. The molecule has 2 heterocycles. The highest BCUT2D eigenvalue weighted by Gasteiger charge is 2.19. The molecule has 2 aromatic carbocycles. The third-order valence-electron chi connectivity index (χ3n) is 4.54. The van der Waals surface area contributed by atoms with E-state index in [1.165, 1.54) is 28.1 Å². The minimum atomic E-state index is -0.279. The van der Waals surface area contributed by atoms with Crippen molar-refractivity contribution in [1.82, 2.24) is 14.5 Å². The average Bonchev–Trinajstić information content (AvgIpc) is 3.01. The summed E-state index contributed by atoms with van der Waals surface area (Å²) in [6.45, 7) is 2.97. The van der Waals surface area contributed by atoms with Gasteiger partial charge in [-0.2, -0.15) is 0 Å². The molecule has 0 atom stereocenters. The third-order valence-corrected chi connectivity index (χ3v) is 5.13. The van der Waals surface area contributed by atoms with Crippen molar-refractivity contribution < 1.29 is 5.11 Å². The van der Waals surface area contributed by atoms with Gasteiger partial charge in [-0.1, -0.05) is 47.5 Å². The summed E-state index contributed by atoms with van der Waals surface area (Å²) in [7, 11) is 0. The molecule has 3 aromatic rings. The van der Waals surface area contributed by atoms with Crippen molar-refractivity contribution in [1.29, 1.82) is 0 Å². The Morgan fingerprint density at radius 3 is 2.44 bits per heavy atom. The largest absolute Gasteiger partial charge is 0.504 e. The number of hydrogen-bond acceptors (Lipinski definition) is 4. The van der Waals surface area contributed by atoms with Gasteiger partial charge < -0.3 is 5.11 Å². The lowest BCUT2D eigenvalue weighted by Gasteiger charge is -2.16. The van der Waals surface area contributed by atoms with E-state index in [0.29, 0.717) is 6.54 Å². The predicted octanol–water partition coefficient (Wildman–Crippen LogP) is 3.42. The summed E-state index contributed by atoms with van der Waals surface area (Å²) < 4.78 is 1.52. The van der Waals surface area contributed by atoms with Gasteiger partial charge in [0, 0.05) is 26.2 Å². The molecule has 1 aliphatic rings. The van der Waals surface area contributed by atoms with Gasteiger partial charge in [-0.05, 0) is 17.2 Å². The molecular formula is C18H15Cl2N3O2. The first-order valence-electron chi connectivity index (χ1n) is 7.90. The Morgan fingerprint density at radius 1 is 1.08 bits per heavy atom. The summed E-state index contributed by atoms with van der Waals surface area (Å²) in [6.07, 6.45) is 1.43. The van der Waals surface area contributed by atoms with E-state index in [-0.39, 0.29) is 32.3 Å². The van der Waals surface area contributed by atoms with E-state index >= 15 is 0 Å². The second-order valence-electron chi connectivity index (χ2n) is 6.13. The Morgan fingerprint density at radius 2 is 1.76 bits per heavy atom. The van der Waals surface area contributed by atoms with Crippen molar-refractivity contribution in [3.8, 4) is 5.75 Å². The molecule has 7 heteroatoms. The van der Waals surface area contributed by atoms with Gasteiger partial charge in [0.05, 0.1) is 21.8 Å². The van der Waals surface area contributed by atoms with Gasteiger partial charge in [0.1, 0.15) is 5.52 Å². The van der Waals surface area contributed by atoms with E-state index in [1.54, 1.807) is 0 Å². The second-order valence-corrected chi connectivity index (χ2v) is 6.95. The van der Waals surface area contributed by atoms with Crippen LogP contribution >= 0.6 is 23.2 Å². The first-order chi connectivity index (χ1) is 12.0. The first kappa shape index (κ1) is 16.4. The van der Waals surface area contributed by atoms with Crippen LogP contribution in [-0.4, -0.2) is 26.1 Å². The Kier molecular flexibility index (Phi) is 4.15. The van der Waals surface area contributed by atoms with Crippen LogP contribution < -0.4 is 5.56 Å². The molecule has 0 aliphatic carbocycles. The zero-order chi connectivity index (χ0) is 17.6. The number of rotatable bonds is 3. The Hall–Kier alpha value is -2.08. The van der Waals surface area contributed by atoms with Gasteiger partial charge in [-0.3, -0.25) is 14.3 Å². The lowest BCUT2D eigenvalue weighted by molar-refractivity contribution is 0.270. The average molecular weight is 376 g/mol. The summed E-state index contributed by atoms with van der Waals surface area (Å²) in [5, 5.41) is 10.5. The summed E-state index contributed by atoms with van der Waals surface area (Å²) >= 11 is 12.0. The van der Waals surface area contributed by atoms with Crippen molar-refractivity contribution in [2.45, 2.75) is 19.6 Å². The number of phenolic OH excluding ortho intramolecular Hbond substituents is 1. The van der Waals surface area contributed by atoms with E-state index in [9.17, 15) is 9.90 Å². The number of benzene rings is 2. The molecule has 0 bridgehead atoms. The van der Waals surface area contributed by atoms with Crippen molar-refractivity contribution in [2.75, 3.05) is 6.54 Å². The quantitative estimate of drug-likeness (QED) is 0.761. The monoisotopic (exact) mass is 375 g/mol. The maximum atomic E-state index is 12.7. The Balaban J connectivity index is 1.59. The molecule has 128 valence electrons. The molecule has 1 N–H and O–H groups in total. The van der Waals surface area contributed by atoms with Crippen LogP contribution in [0.4, 0.5) is 0 Å². The molecule has 25 heavy (non-hydrogen) atoms. The second kappa shape index (κ2) is 6.33. The topological polar surface area (TPSA) is 58.4 Å². The molecule has 0 saturated carbocycles. The van der Waals surface area contributed by atoms with Crippen LogP contribution in [0.3, 0.4) is 0 Å². The molecule has 0 spiro atoms. The number of fused-ring (bicyclic) bond motifs is 2. The molecule has 1 aromatic heterocycles. The molecular weight excluding hydrogens is 361 g/mol. The lowest BCUT2D eigenvalue weighted by Crippen LogP contribution is -2.28. The summed E-state index contributed by atoms with van der Waals surface area (Å²) in [5.74, 6) is -0.222. The number of hydrogen-bond donors (Lipinski definition) is 1. The minimum Gasteiger partial charge on any atom is -0.504 e. The van der Waals surface area contributed by atoms with E-state index in [4.69, 9.17) is 23.2 Å². The standard InChI is InChI=1S/C18H15Cl2N3O2/c19-13-7-14(20)17(24)16-15(13)18(25)23(10-21-16)6-5-22-8-11-3-1-2-4-12(11)9-22/h1-4,7,10,24H,5-6,8-9H2. The van der Waals surface area contributed by atoms with Gasteiger partial charge in [0.25, 0.3) is 5.56 Å². The Bertz CT molecular complexity index is 1010. The minimum absolute atomic E-state index is 0.0805. The SMILES string of the molecule is O=c1c2c(Cl)cc(Cl)c(O)c2ncn1CCN1Cc2ccccc2C1. The van der Waals surface area contributed by atoms with Crippen LogP contribution in [-0.2, 0) is 19.6 Å².